The Balaban J connectivity index is 1.41. The molecule has 33 heavy (non-hydrogen) atoms. The van der Waals surface area contributed by atoms with E-state index in [9.17, 15) is 9.18 Å². The Bertz CT molecular complexity index is 1120. The number of aromatic nitrogens is 1. The molecule has 6 heteroatoms. The minimum atomic E-state index is -0.754. The molecule has 1 atom stereocenters. The van der Waals surface area contributed by atoms with Gasteiger partial charge in [-0.05, 0) is 48.6 Å². The van der Waals surface area contributed by atoms with Gasteiger partial charge >= 0.3 is 0 Å². The number of carbonyl (C=O) groups is 1. The number of hydrogen-bond acceptors (Lipinski definition) is 4. The first-order valence-electron chi connectivity index (χ1n) is 11.7. The van der Waals surface area contributed by atoms with Crippen LogP contribution in [-0.4, -0.2) is 55.3 Å². The lowest BCUT2D eigenvalue weighted by molar-refractivity contribution is -0.141. The maximum Gasteiger partial charge on any atom is 0.233 e. The van der Waals surface area contributed by atoms with Gasteiger partial charge in [-0.25, -0.2) is 4.39 Å². The van der Waals surface area contributed by atoms with Crippen LogP contribution < -0.4 is 0 Å². The summed E-state index contributed by atoms with van der Waals surface area (Å²) in [5, 5.41) is 1.12. The molecular formula is C27H29FN2O3. The van der Waals surface area contributed by atoms with E-state index in [0.29, 0.717) is 52.4 Å². The molecule has 2 aromatic carbocycles. The predicted octanol–water partition coefficient (Wildman–Crippen LogP) is 4.14. The second-order valence-corrected chi connectivity index (χ2v) is 9.09. The highest BCUT2D eigenvalue weighted by molar-refractivity contribution is 5.88. The van der Waals surface area contributed by atoms with Gasteiger partial charge in [0.15, 0.2) is 0 Å². The van der Waals surface area contributed by atoms with Crippen molar-refractivity contribution in [2.24, 2.45) is 5.92 Å². The predicted molar refractivity (Wildman–Crippen MR) is 124 cm³/mol. The van der Waals surface area contributed by atoms with Crippen LogP contribution in [0.15, 0.2) is 60.8 Å². The van der Waals surface area contributed by atoms with Crippen molar-refractivity contribution in [1.82, 2.24) is 9.88 Å². The number of hydrogen-bond donors (Lipinski definition) is 0. The summed E-state index contributed by atoms with van der Waals surface area (Å²) in [6, 6.07) is 16.8. The molecule has 0 bridgehead atoms. The van der Waals surface area contributed by atoms with E-state index in [-0.39, 0.29) is 17.6 Å². The molecule has 5 rings (SSSR count). The Kier molecular flexibility index (Phi) is 6.38. The summed E-state index contributed by atoms with van der Waals surface area (Å²) in [5.41, 5.74) is 2.16. The van der Waals surface area contributed by atoms with E-state index >= 15 is 0 Å². The zero-order valence-electron chi connectivity index (χ0n) is 18.7. The van der Waals surface area contributed by atoms with E-state index in [1.807, 2.05) is 23.2 Å². The fourth-order valence-electron chi connectivity index (χ4n) is 5.27. The number of ether oxygens (including phenoxy) is 2. The van der Waals surface area contributed by atoms with Gasteiger partial charge < -0.3 is 14.4 Å². The van der Waals surface area contributed by atoms with Gasteiger partial charge in [-0.2, -0.15) is 0 Å². The molecule has 2 aliphatic rings. The lowest BCUT2D eigenvalue weighted by atomic mass is 9.72. The van der Waals surface area contributed by atoms with Crippen molar-refractivity contribution in [3.8, 4) is 0 Å². The highest BCUT2D eigenvalue weighted by atomic mass is 19.1. The van der Waals surface area contributed by atoms with Crippen LogP contribution in [0.2, 0.25) is 0 Å². The third-order valence-corrected chi connectivity index (χ3v) is 6.98. The quantitative estimate of drug-likeness (QED) is 0.602. The van der Waals surface area contributed by atoms with Crippen molar-refractivity contribution in [2.75, 3.05) is 39.5 Å². The molecule has 3 heterocycles. The number of benzene rings is 2. The van der Waals surface area contributed by atoms with Crippen LogP contribution in [0.25, 0.3) is 10.9 Å². The van der Waals surface area contributed by atoms with Crippen molar-refractivity contribution in [3.05, 3.63) is 77.7 Å². The molecule has 2 fully saturated rings. The van der Waals surface area contributed by atoms with E-state index in [2.05, 4.69) is 29.2 Å². The first-order chi connectivity index (χ1) is 16.2. The van der Waals surface area contributed by atoms with Crippen LogP contribution in [-0.2, 0) is 26.1 Å². The van der Waals surface area contributed by atoms with Crippen molar-refractivity contribution < 1.29 is 18.7 Å². The van der Waals surface area contributed by atoms with E-state index in [1.54, 1.807) is 6.07 Å². The summed E-state index contributed by atoms with van der Waals surface area (Å²) < 4.78 is 25.6. The van der Waals surface area contributed by atoms with Gasteiger partial charge in [0.25, 0.3) is 0 Å². The standard InChI is InChI=1S/C27H29FN2O3/c28-24-8-2-7-23(17-24)27(9-13-32-14-10-27)26(31)30-12-15-33-19-20(18-30)16-22-5-1-4-21-6-3-11-29-25(21)22/h1-8,11,17,20H,9-10,12-16,18-19H2/t20-/m1/s1. The summed E-state index contributed by atoms with van der Waals surface area (Å²) in [6.45, 7) is 3.26. The number of rotatable bonds is 4. The van der Waals surface area contributed by atoms with Crippen LogP contribution in [0, 0.1) is 11.7 Å². The molecule has 2 saturated heterocycles. The molecule has 0 aliphatic carbocycles. The Morgan fingerprint density at radius 3 is 2.73 bits per heavy atom. The lowest BCUT2D eigenvalue weighted by Gasteiger charge is -2.40. The monoisotopic (exact) mass is 448 g/mol. The van der Waals surface area contributed by atoms with Crippen molar-refractivity contribution in [3.63, 3.8) is 0 Å². The molecule has 1 amide bonds. The highest BCUT2D eigenvalue weighted by Crippen LogP contribution is 2.37. The first kappa shape index (κ1) is 22.0. The molecule has 0 radical (unpaired) electrons. The van der Waals surface area contributed by atoms with Crippen molar-refractivity contribution >= 4 is 16.8 Å². The number of fused-ring (bicyclic) bond motifs is 1. The fourth-order valence-corrected chi connectivity index (χ4v) is 5.27. The second-order valence-electron chi connectivity index (χ2n) is 9.09. The number of carbonyl (C=O) groups excluding carboxylic acids is 1. The van der Waals surface area contributed by atoms with Gasteiger partial charge in [-0.3, -0.25) is 9.78 Å². The van der Waals surface area contributed by atoms with Crippen LogP contribution in [0.3, 0.4) is 0 Å². The fraction of sp³-hybridized carbons (Fsp3) is 0.407. The van der Waals surface area contributed by atoms with Crippen LogP contribution in [0.4, 0.5) is 4.39 Å². The smallest absolute Gasteiger partial charge is 0.233 e. The molecule has 2 aliphatic heterocycles. The topological polar surface area (TPSA) is 51.7 Å². The minimum Gasteiger partial charge on any atom is -0.381 e. The van der Waals surface area contributed by atoms with Gasteiger partial charge in [0, 0.05) is 43.8 Å². The zero-order chi connectivity index (χ0) is 22.7. The molecule has 0 saturated carbocycles. The van der Waals surface area contributed by atoms with Crippen LogP contribution >= 0.6 is 0 Å². The molecule has 172 valence electrons. The van der Waals surface area contributed by atoms with Gasteiger partial charge in [-0.1, -0.05) is 36.4 Å². The van der Waals surface area contributed by atoms with Gasteiger partial charge in [-0.15, -0.1) is 0 Å². The third-order valence-electron chi connectivity index (χ3n) is 6.98. The van der Waals surface area contributed by atoms with Crippen LogP contribution in [0.1, 0.15) is 24.0 Å². The molecule has 0 unspecified atom stereocenters. The van der Waals surface area contributed by atoms with E-state index in [1.165, 1.54) is 17.7 Å². The minimum absolute atomic E-state index is 0.0583. The molecule has 5 nitrogen and oxygen atoms in total. The summed E-state index contributed by atoms with van der Waals surface area (Å²) in [5.74, 6) is -0.0944. The van der Waals surface area contributed by atoms with E-state index in [4.69, 9.17) is 9.47 Å². The second kappa shape index (κ2) is 9.57. The largest absolute Gasteiger partial charge is 0.381 e. The Morgan fingerprint density at radius 2 is 1.88 bits per heavy atom. The maximum atomic E-state index is 14.1. The Morgan fingerprint density at radius 1 is 1.06 bits per heavy atom. The van der Waals surface area contributed by atoms with Crippen molar-refractivity contribution in [2.45, 2.75) is 24.7 Å². The maximum absolute atomic E-state index is 14.1. The molecular weight excluding hydrogens is 419 g/mol. The lowest BCUT2D eigenvalue weighted by Crippen LogP contribution is -2.51. The average Bonchev–Trinajstić information content (AvgIpc) is 3.10. The van der Waals surface area contributed by atoms with E-state index in [0.717, 1.165) is 22.9 Å². The number of amides is 1. The number of halogens is 1. The van der Waals surface area contributed by atoms with Gasteiger partial charge in [0.1, 0.15) is 5.82 Å². The molecule has 0 N–H and O–H groups in total. The SMILES string of the molecule is O=C(N1CCOC[C@H](Cc2cccc3cccnc23)C1)C1(c2cccc(F)c2)CCOCC1. The normalized spacial score (nSPS) is 21.0. The van der Waals surface area contributed by atoms with Crippen molar-refractivity contribution in [1.29, 1.82) is 0 Å². The van der Waals surface area contributed by atoms with E-state index < -0.39 is 5.41 Å². The number of pyridine rings is 1. The third kappa shape index (κ3) is 4.50. The number of para-hydroxylation sites is 1. The summed E-state index contributed by atoms with van der Waals surface area (Å²) >= 11 is 0. The summed E-state index contributed by atoms with van der Waals surface area (Å²) in [4.78, 5) is 20.6. The number of nitrogens with zero attached hydrogens (tertiary/aromatic N) is 2. The average molecular weight is 449 g/mol. The first-order valence-corrected chi connectivity index (χ1v) is 11.7. The molecule has 0 spiro atoms. The Labute approximate surface area is 193 Å². The zero-order valence-corrected chi connectivity index (χ0v) is 18.7. The Hall–Kier alpha value is -2.83. The van der Waals surface area contributed by atoms with Gasteiger partial charge in [0.05, 0.1) is 24.1 Å². The highest BCUT2D eigenvalue weighted by Gasteiger charge is 2.44. The van der Waals surface area contributed by atoms with Crippen LogP contribution in [0.5, 0.6) is 0 Å². The van der Waals surface area contributed by atoms with Gasteiger partial charge in [0.2, 0.25) is 5.91 Å². The molecule has 1 aromatic heterocycles. The summed E-state index contributed by atoms with van der Waals surface area (Å²) in [7, 11) is 0. The molecule has 3 aromatic rings. The summed E-state index contributed by atoms with van der Waals surface area (Å²) in [6.07, 6.45) is 3.72.